The van der Waals surface area contributed by atoms with Crippen LogP contribution in [0.15, 0.2) is 6.07 Å². The van der Waals surface area contributed by atoms with Crippen molar-refractivity contribution in [3.63, 3.8) is 0 Å². The summed E-state index contributed by atoms with van der Waals surface area (Å²) in [7, 11) is 6.14. The van der Waals surface area contributed by atoms with Crippen molar-refractivity contribution in [2.24, 2.45) is 0 Å². The summed E-state index contributed by atoms with van der Waals surface area (Å²) in [6, 6.07) is 1.81. The third kappa shape index (κ3) is 4.42. The van der Waals surface area contributed by atoms with Crippen LogP contribution in [0.1, 0.15) is 26.6 Å². The Morgan fingerprint density at radius 2 is 1.72 bits per heavy atom. The molecular formula is C13H23ClN4. The van der Waals surface area contributed by atoms with Crippen molar-refractivity contribution in [1.29, 1.82) is 0 Å². The highest BCUT2D eigenvalue weighted by Crippen LogP contribution is 2.23. The third-order valence-corrected chi connectivity index (χ3v) is 2.82. The molecule has 4 nitrogen and oxygen atoms in total. The Morgan fingerprint density at radius 3 is 2.22 bits per heavy atom. The zero-order chi connectivity index (χ0) is 13.9. The summed E-state index contributed by atoms with van der Waals surface area (Å²) in [6.07, 6.45) is 0. The molecule has 0 N–H and O–H groups in total. The Balaban J connectivity index is 2.92. The normalized spacial score (nSPS) is 12.0. The van der Waals surface area contributed by atoms with E-state index in [1.807, 2.05) is 13.1 Å². The maximum Gasteiger partial charge on any atom is 0.137 e. The topological polar surface area (TPSA) is 32.3 Å². The van der Waals surface area contributed by atoms with Gasteiger partial charge in [-0.25, -0.2) is 9.97 Å². The van der Waals surface area contributed by atoms with Gasteiger partial charge in [-0.2, -0.15) is 0 Å². The van der Waals surface area contributed by atoms with Gasteiger partial charge in [0.1, 0.15) is 16.8 Å². The maximum atomic E-state index is 6.07. The summed E-state index contributed by atoms with van der Waals surface area (Å²) < 4.78 is 0. The van der Waals surface area contributed by atoms with Crippen molar-refractivity contribution >= 4 is 17.4 Å². The average Bonchev–Trinajstić information content (AvgIpc) is 2.23. The smallest absolute Gasteiger partial charge is 0.137 e. The first-order chi connectivity index (χ1) is 8.20. The van der Waals surface area contributed by atoms with Crippen LogP contribution in [0.3, 0.4) is 0 Å². The second-order valence-corrected chi connectivity index (χ2v) is 6.23. The second-order valence-electron chi connectivity index (χ2n) is 5.85. The minimum atomic E-state index is -0.0952. The van der Waals surface area contributed by atoms with Crippen molar-refractivity contribution in [3.8, 4) is 0 Å². The van der Waals surface area contributed by atoms with Crippen LogP contribution < -0.4 is 4.90 Å². The van der Waals surface area contributed by atoms with Gasteiger partial charge in [-0.3, -0.25) is 0 Å². The molecule has 0 aliphatic heterocycles. The molecule has 0 radical (unpaired) electrons. The highest BCUT2D eigenvalue weighted by atomic mass is 35.5. The summed E-state index contributed by atoms with van der Waals surface area (Å²) in [6.45, 7) is 8.14. The van der Waals surface area contributed by atoms with Gasteiger partial charge in [0.25, 0.3) is 0 Å². The van der Waals surface area contributed by atoms with Gasteiger partial charge in [0, 0.05) is 31.6 Å². The average molecular weight is 271 g/mol. The molecule has 1 heterocycles. The quantitative estimate of drug-likeness (QED) is 0.787. The van der Waals surface area contributed by atoms with Gasteiger partial charge in [-0.15, -0.1) is 0 Å². The molecule has 0 aromatic carbocycles. The highest BCUT2D eigenvalue weighted by Gasteiger charge is 2.19. The minimum Gasteiger partial charge on any atom is -0.358 e. The fraction of sp³-hybridized carbons (Fsp3) is 0.692. The Morgan fingerprint density at radius 1 is 1.11 bits per heavy atom. The molecule has 102 valence electrons. The SMILES string of the molecule is CN(C)CCN(C)c1cc(Cl)nc(C(C)(C)C)n1. The van der Waals surface area contributed by atoms with E-state index in [1.54, 1.807) is 0 Å². The van der Waals surface area contributed by atoms with E-state index in [4.69, 9.17) is 11.6 Å². The molecule has 0 fully saturated rings. The minimum absolute atomic E-state index is 0.0952. The van der Waals surface area contributed by atoms with Gasteiger partial charge in [-0.05, 0) is 14.1 Å². The lowest BCUT2D eigenvalue weighted by molar-refractivity contribution is 0.416. The number of halogens is 1. The monoisotopic (exact) mass is 270 g/mol. The predicted molar refractivity (Wildman–Crippen MR) is 77.6 cm³/mol. The zero-order valence-electron chi connectivity index (χ0n) is 12.2. The van der Waals surface area contributed by atoms with E-state index in [0.717, 1.165) is 24.7 Å². The zero-order valence-corrected chi connectivity index (χ0v) is 12.9. The number of nitrogens with zero attached hydrogens (tertiary/aromatic N) is 4. The fourth-order valence-electron chi connectivity index (χ4n) is 1.40. The molecule has 0 spiro atoms. The van der Waals surface area contributed by atoms with Crippen LogP contribution in [0.4, 0.5) is 5.82 Å². The Labute approximate surface area is 115 Å². The summed E-state index contributed by atoms with van der Waals surface area (Å²) in [4.78, 5) is 13.1. The van der Waals surface area contributed by atoms with Gasteiger partial charge in [0.2, 0.25) is 0 Å². The lowest BCUT2D eigenvalue weighted by Gasteiger charge is -2.23. The van der Waals surface area contributed by atoms with Crippen LogP contribution in [0.5, 0.6) is 0 Å². The van der Waals surface area contributed by atoms with Crippen LogP contribution in [-0.2, 0) is 5.41 Å². The molecule has 0 atom stereocenters. The van der Waals surface area contributed by atoms with Crippen molar-refractivity contribution in [1.82, 2.24) is 14.9 Å². The van der Waals surface area contributed by atoms with Crippen molar-refractivity contribution in [2.45, 2.75) is 26.2 Å². The van der Waals surface area contributed by atoms with Crippen LogP contribution >= 0.6 is 11.6 Å². The Hall–Kier alpha value is -0.870. The van der Waals surface area contributed by atoms with E-state index in [0.29, 0.717) is 5.15 Å². The molecule has 0 bridgehead atoms. The van der Waals surface area contributed by atoms with E-state index in [2.05, 4.69) is 54.6 Å². The second kappa shape index (κ2) is 5.85. The largest absolute Gasteiger partial charge is 0.358 e. The van der Waals surface area contributed by atoms with Crippen LogP contribution in [0, 0.1) is 0 Å². The van der Waals surface area contributed by atoms with E-state index in [-0.39, 0.29) is 5.41 Å². The predicted octanol–water partition coefficient (Wildman–Crippen LogP) is 2.43. The fourth-order valence-corrected chi connectivity index (χ4v) is 1.58. The highest BCUT2D eigenvalue weighted by molar-refractivity contribution is 6.29. The Bertz CT molecular complexity index is 398. The Kier molecular flexibility index (Phi) is 4.93. The molecule has 1 rings (SSSR count). The first kappa shape index (κ1) is 15.2. The molecule has 0 aliphatic rings. The van der Waals surface area contributed by atoms with Crippen LogP contribution in [0.2, 0.25) is 5.15 Å². The van der Waals surface area contributed by atoms with Gasteiger partial charge < -0.3 is 9.80 Å². The van der Waals surface area contributed by atoms with Gasteiger partial charge >= 0.3 is 0 Å². The standard InChI is InChI=1S/C13H23ClN4/c1-13(2,3)12-15-10(14)9-11(16-12)18(6)8-7-17(4)5/h9H,7-8H2,1-6H3. The number of rotatable bonds is 4. The van der Waals surface area contributed by atoms with Gasteiger partial charge in [0.05, 0.1) is 0 Å². The van der Waals surface area contributed by atoms with E-state index >= 15 is 0 Å². The first-order valence-corrected chi connectivity index (χ1v) is 6.49. The molecule has 1 aromatic heterocycles. The lowest BCUT2D eigenvalue weighted by Crippen LogP contribution is -2.30. The summed E-state index contributed by atoms with van der Waals surface area (Å²) in [5.41, 5.74) is -0.0952. The molecule has 0 unspecified atom stereocenters. The van der Waals surface area contributed by atoms with Crippen LogP contribution in [-0.4, -0.2) is 49.1 Å². The van der Waals surface area contributed by atoms with Crippen molar-refractivity contribution in [3.05, 3.63) is 17.0 Å². The molecule has 0 saturated carbocycles. The number of hydrogen-bond acceptors (Lipinski definition) is 4. The third-order valence-electron chi connectivity index (χ3n) is 2.63. The first-order valence-electron chi connectivity index (χ1n) is 6.11. The molecule has 5 heteroatoms. The summed E-state index contributed by atoms with van der Waals surface area (Å²) >= 11 is 6.07. The molecule has 1 aromatic rings. The molecule has 0 aliphatic carbocycles. The van der Waals surface area contributed by atoms with Crippen molar-refractivity contribution < 1.29 is 0 Å². The van der Waals surface area contributed by atoms with E-state index < -0.39 is 0 Å². The summed E-state index contributed by atoms with van der Waals surface area (Å²) in [5.74, 6) is 1.66. The maximum absolute atomic E-state index is 6.07. The van der Waals surface area contributed by atoms with E-state index in [9.17, 15) is 0 Å². The number of anilines is 1. The molecule has 18 heavy (non-hydrogen) atoms. The number of hydrogen-bond donors (Lipinski definition) is 0. The van der Waals surface area contributed by atoms with Crippen LogP contribution in [0.25, 0.3) is 0 Å². The number of aromatic nitrogens is 2. The van der Waals surface area contributed by atoms with E-state index in [1.165, 1.54) is 0 Å². The summed E-state index contributed by atoms with van der Waals surface area (Å²) in [5, 5.41) is 0.502. The van der Waals surface area contributed by atoms with Gasteiger partial charge in [-0.1, -0.05) is 32.4 Å². The molecule has 0 amide bonds. The molecular weight excluding hydrogens is 248 g/mol. The van der Waals surface area contributed by atoms with Crippen molar-refractivity contribution in [2.75, 3.05) is 39.1 Å². The number of likely N-dealkylation sites (N-methyl/N-ethyl adjacent to an activating group) is 2. The van der Waals surface area contributed by atoms with Gasteiger partial charge in [0.15, 0.2) is 0 Å². The lowest BCUT2D eigenvalue weighted by atomic mass is 9.96. The molecule has 0 saturated heterocycles.